The van der Waals surface area contributed by atoms with Crippen molar-refractivity contribution in [3.63, 3.8) is 0 Å². The van der Waals surface area contributed by atoms with Crippen molar-refractivity contribution < 1.29 is 22.8 Å². The van der Waals surface area contributed by atoms with E-state index in [0.29, 0.717) is 12.2 Å². The van der Waals surface area contributed by atoms with Gasteiger partial charge >= 0.3 is 6.18 Å². The number of nitrogens with zero attached hydrogens (tertiary/aromatic N) is 6. The third kappa shape index (κ3) is 4.59. The highest BCUT2D eigenvalue weighted by Gasteiger charge is 2.34. The number of rotatable bonds is 6. The van der Waals surface area contributed by atoms with Crippen LogP contribution in [0.25, 0.3) is 0 Å². The average Bonchev–Trinajstić information content (AvgIpc) is 3.35. The Morgan fingerprint density at radius 2 is 1.74 bits per heavy atom. The van der Waals surface area contributed by atoms with E-state index in [1.807, 2.05) is 0 Å². The number of nitrogens with one attached hydrogen (secondary N) is 2. The fourth-order valence-electron chi connectivity index (χ4n) is 2.89. The van der Waals surface area contributed by atoms with Crippen molar-refractivity contribution in [2.75, 3.05) is 10.6 Å². The molecule has 0 aliphatic heterocycles. The van der Waals surface area contributed by atoms with Gasteiger partial charge in [0.25, 0.3) is 5.91 Å². The zero-order valence-electron chi connectivity index (χ0n) is 17.3. The highest BCUT2D eigenvalue weighted by atomic mass is 19.4. The van der Waals surface area contributed by atoms with Crippen LogP contribution in [0.2, 0.25) is 0 Å². The minimum Gasteiger partial charge on any atom is -0.321 e. The predicted molar refractivity (Wildman–Crippen MR) is 104 cm³/mol. The van der Waals surface area contributed by atoms with Gasteiger partial charge in [0.2, 0.25) is 5.91 Å². The fourth-order valence-corrected chi connectivity index (χ4v) is 2.89. The molecular formula is C18H21F3N8O2. The standard InChI is InChI=1S/C18H21F3N8O2/c1-5-28-16(17(31)25-12-7-22-27(4)11(12)3)13(8-23-28)24-15(30)9-29-10(2)6-14(26-29)18(19,20)21/h6-8H,5,9H2,1-4H3,(H,24,30)(H,25,31). The van der Waals surface area contributed by atoms with E-state index in [9.17, 15) is 22.8 Å². The van der Waals surface area contributed by atoms with Gasteiger partial charge < -0.3 is 10.6 Å². The summed E-state index contributed by atoms with van der Waals surface area (Å²) in [6.45, 7) is 4.88. The number of hydrogen-bond acceptors (Lipinski definition) is 5. The molecule has 0 saturated heterocycles. The van der Waals surface area contributed by atoms with Crippen LogP contribution >= 0.6 is 0 Å². The first-order valence-electron chi connectivity index (χ1n) is 9.28. The van der Waals surface area contributed by atoms with Crippen LogP contribution in [0.15, 0.2) is 18.5 Å². The first-order chi connectivity index (χ1) is 14.5. The summed E-state index contributed by atoms with van der Waals surface area (Å²) in [5, 5.41) is 16.8. The molecule has 0 spiro atoms. The molecule has 0 unspecified atom stereocenters. The number of aryl methyl sites for hydroxylation is 3. The largest absolute Gasteiger partial charge is 0.435 e. The molecule has 0 aliphatic carbocycles. The van der Waals surface area contributed by atoms with Gasteiger partial charge in [0.1, 0.15) is 12.2 Å². The number of alkyl halides is 3. The number of hydrogen-bond donors (Lipinski definition) is 2. The Balaban J connectivity index is 1.79. The van der Waals surface area contributed by atoms with Crippen molar-refractivity contribution in [2.45, 2.75) is 40.0 Å². The summed E-state index contributed by atoms with van der Waals surface area (Å²) in [5.74, 6) is -1.16. The van der Waals surface area contributed by atoms with E-state index in [2.05, 4.69) is 25.9 Å². The molecule has 0 bridgehead atoms. The van der Waals surface area contributed by atoms with E-state index < -0.39 is 30.2 Å². The molecule has 0 aliphatic rings. The normalized spacial score (nSPS) is 11.6. The zero-order valence-corrected chi connectivity index (χ0v) is 17.3. The van der Waals surface area contributed by atoms with Crippen LogP contribution in [-0.2, 0) is 31.1 Å². The van der Waals surface area contributed by atoms with Gasteiger partial charge in [-0.3, -0.25) is 23.6 Å². The highest BCUT2D eigenvalue weighted by Crippen LogP contribution is 2.28. The molecule has 0 fully saturated rings. The van der Waals surface area contributed by atoms with Crippen LogP contribution in [0.4, 0.5) is 24.5 Å². The first-order valence-corrected chi connectivity index (χ1v) is 9.28. The van der Waals surface area contributed by atoms with Gasteiger partial charge in [-0.1, -0.05) is 0 Å². The van der Waals surface area contributed by atoms with E-state index in [-0.39, 0.29) is 17.1 Å². The maximum atomic E-state index is 12.8. The van der Waals surface area contributed by atoms with E-state index in [1.165, 1.54) is 24.0 Å². The van der Waals surface area contributed by atoms with Crippen molar-refractivity contribution in [1.82, 2.24) is 29.3 Å². The topological polar surface area (TPSA) is 112 Å². The van der Waals surface area contributed by atoms with Crippen molar-refractivity contribution in [1.29, 1.82) is 0 Å². The summed E-state index contributed by atoms with van der Waals surface area (Å²) in [6, 6.07) is 0.859. The summed E-state index contributed by atoms with van der Waals surface area (Å²) < 4.78 is 42.4. The summed E-state index contributed by atoms with van der Waals surface area (Å²) >= 11 is 0. The Bertz CT molecular complexity index is 1130. The van der Waals surface area contributed by atoms with Crippen LogP contribution in [-0.4, -0.2) is 41.2 Å². The van der Waals surface area contributed by atoms with Gasteiger partial charge in [-0.25, -0.2) is 0 Å². The molecule has 2 amide bonds. The van der Waals surface area contributed by atoms with Crippen LogP contribution < -0.4 is 10.6 Å². The third-order valence-corrected chi connectivity index (χ3v) is 4.68. The molecular weight excluding hydrogens is 417 g/mol. The second-order valence-electron chi connectivity index (χ2n) is 6.82. The molecule has 13 heteroatoms. The van der Waals surface area contributed by atoms with Crippen molar-refractivity contribution in [3.8, 4) is 0 Å². The minimum atomic E-state index is -4.61. The molecule has 10 nitrogen and oxygen atoms in total. The molecule has 0 atom stereocenters. The lowest BCUT2D eigenvalue weighted by atomic mass is 10.3. The smallest absolute Gasteiger partial charge is 0.321 e. The highest BCUT2D eigenvalue weighted by molar-refractivity contribution is 6.09. The van der Waals surface area contributed by atoms with Gasteiger partial charge in [-0.05, 0) is 26.8 Å². The van der Waals surface area contributed by atoms with Gasteiger partial charge in [-0.2, -0.15) is 28.5 Å². The second kappa shape index (κ2) is 8.24. The third-order valence-electron chi connectivity index (χ3n) is 4.68. The fraction of sp³-hybridized carbons (Fsp3) is 0.389. The summed E-state index contributed by atoms with van der Waals surface area (Å²) in [6.07, 6.45) is -1.80. The Kier molecular flexibility index (Phi) is 5.86. The van der Waals surface area contributed by atoms with Gasteiger partial charge in [0.15, 0.2) is 5.69 Å². The minimum absolute atomic E-state index is 0.104. The summed E-state index contributed by atoms with van der Waals surface area (Å²) in [4.78, 5) is 25.3. The second-order valence-corrected chi connectivity index (χ2v) is 6.82. The Hall–Kier alpha value is -3.64. The van der Waals surface area contributed by atoms with E-state index >= 15 is 0 Å². The monoisotopic (exact) mass is 438 g/mol. The van der Waals surface area contributed by atoms with Gasteiger partial charge in [0, 0.05) is 19.3 Å². The number of carbonyl (C=O) groups excluding carboxylic acids is 2. The SMILES string of the molecule is CCn1ncc(NC(=O)Cn2nc(C(F)(F)F)cc2C)c1C(=O)Nc1cnn(C)c1C. The Morgan fingerprint density at radius 3 is 2.29 bits per heavy atom. The van der Waals surface area contributed by atoms with Crippen LogP contribution in [0.5, 0.6) is 0 Å². The molecule has 0 saturated carbocycles. The lowest BCUT2D eigenvalue weighted by Gasteiger charge is -2.10. The number of carbonyl (C=O) groups is 2. The lowest BCUT2D eigenvalue weighted by Crippen LogP contribution is -2.24. The van der Waals surface area contributed by atoms with Crippen LogP contribution in [0.1, 0.15) is 34.5 Å². The summed E-state index contributed by atoms with van der Waals surface area (Å²) in [5.41, 5.74) is 0.566. The van der Waals surface area contributed by atoms with Crippen LogP contribution in [0.3, 0.4) is 0 Å². The molecule has 3 rings (SSSR count). The molecule has 3 aromatic heterocycles. The molecule has 0 aromatic carbocycles. The van der Waals surface area contributed by atoms with Crippen molar-refractivity contribution in [2.24, 2.45) is 7.05 Å². The van der Waals surface area contributed by atoms with E-state index in [1.54, 1.807) is 25.6 Å². The van der Waals surface area contributed by atoms with Gasteiger partial charge in [-0.15, -0.1) is 0 Å². The van der Waals surface area contributed by atoms with Crippen LogP contribution in [0, 0.1) is 13.8 Å². The number of anilines is 2. The van der Waals surface area contributed by atoms with E-state index in [0.717, 1.165) is 16.4 Å². The maximum absolute atomic E-state index is 12.8. The molecule has 2 N–H and O–H groups in total. The number of amides is 2. The molecule has 0 radical (unpaired) electrons. The first kappa shape index (κ1) is 22.1. The Labute approximate surface area is 175 Å². The predicted octanol–water partition coefficient (Wildman–Crippen LogP) is 2.36. The quantitative estimate of drug-likeness (QED) is 0.614. The summed E-state index contributed by atoms with van der Waals surface area (Å²) in [7, 11) is 1.73. The molecule has 166 valence electrons. The van der Waals surface area contributed by atoms with Gasteiger partial charge in [0.05, 0.1) is 29.5 Å². The Morgan fingerprint density at radius 1 is 1.06 bits per heavy atom. The zero-order chi connectivity index (χ0) is 22.9. The number of halogens is 3. The molecule has 31 heavy (non-hydrogen) atoms. The lowest BCUT2D eigenvalue weighted by molar-refractivity contribution is -0.141. The average molecular weight is 438 g/mol. The van der Waals surface area contributed by atoms with Crippen molar-refractivity contribution >= 4 is 23.2 Å². The van der Waals surface area contributed by atoms with Crippen molar-refractivity contribution in [3.05, 3.63) is 41.2 Å². The molecule has 3 heterocycles. The van der Waals surface area contributed by atoms with E-state index in [4.69, 9.17) is 0 Å². The number of aromatic nitrogens is 6. The molecule has 3 aromatic rings. The maximum Gasteiger partial charge on any atom is 0.435 e.